The number of nitrogens with two attached hydrogens (primary N) is 1. The van der Waals surface area contributed by atoms with Gasteiger partial charge in [-0.3, -0.25) is 4.68 Å². The van der Waals surface area contributed by atoms with Gasteiger partial charge in [0.2, 0.25) is 0 Å². The van der Waals surface area contributed by atoms with E-state index in [-0.39, 0.29) is 0 Å². The summed E-state index contributed by atoms with van der Waals surface area (Å²) in [5.74, 6) is 3.94. The van der Waals surface area contributed by atoms with Gasteiger partial charge in [-0.1, -0.05) is 24.3 Å². The fourth-order valence-electron chi connectivity index (χ4n) is 2.76. The molecular formula is C15H19N3S. The molecule has 2 heterocycles. The van der Waals surface area contributed by atoms with Crippen LogP contribution in [-0.4, -0.2) is 21.3 Å². The third-order valence-corrected chi connectivity index (χ3v) is 4.95. The van der Waals surface area contributed by atoms with Crippen molar-refractivity contribution in [2.24, 2.45) is 7.05 Å². The quantitative estimate of drug-likeness (QED) is 0.913. The highest BCUT2D eigenvalue weighted by molar-refractivity contribution is 7.99. The molecule has 0 aliphatic carbocycles. The molecule has 1 aliphatic rings. The zero-order valence-electron chi connectivity index (χ0n) is 11.2. The van der Waals surface area contributed by atoms with Crippen LogP contribution in [0.5, 0.6) is 0 Å². The number of nitrogen functional groups attached to an aromatic ring is 1. The SMILES string of the molecule is Cn1ncc(-c2ccccc2C2CCSCC2)c1N. The lowest BCUT2D eigenvalue weighted by molar-refractivity contribution is 0.639. The van der Waals surface area contributed by atoms with Gasteiger partial charge < -0.3 is 5.73 Å². The number of hydrogen-bond acceptors (Lipinski definition) is 3. The van der Waals surface area contributed by atoms with Gasteiger partial charge >= 0.3 is 0 Å². The van der Waals surface area contributed by atoms with E-state index in [4.69, 9.17) is 5.73 Å². The molecule has 1 saturated heterocycles. The molecule has 100 valence electrons. The Labute approximate surface area is 118 Å². The second kappa shape index (κ2) is 5.29. The molecule has 4 heteroatoms. The number of anilines is 1. The zero-order valence-corrected chi connectivity index (χ0v) is 12.0. The second-order valence-electron chi connectivity index (χ2n) is 5.04. The van der Waals surface area contributed by atoms with Crippen LogP contribution < -0.4 is 5.73 Å². The van der Waals surface area contributed by atoms with Crippen LogP contribution in [0, 0.1) is 0 Å². The monoisotopic (exact) mass is 273 g/mol. The molecule has 1 aromatic carbocycles. The average Bonchev–Trinajstić information content (AvgIpc) is 2.80. The number of nitrogens with zero attached hydrogens (tertiary/aromatic N) is 2. The molecule has 3 nitrogen and oxygen atoms in total. The molecule has 0 spiro atoms. The molecule has 1 aliphatic heterocycles. The summed E-state index contributed by atoms with van der Waals surface area (Å²) >= 11 is 2.06. The predicted octanol–water partition coefficient (Wildman–Crippen LogP) is 3.28. The summed E-state index contributed by atoms with van der Waals surface area (Å²) in [5, 5.41) is 4.27. The van der Waals surface area contributed by atoms with Crippen molar-refractivity contribution in [3.05, 3.63) is 36.0 Å². The number of hydrogen-bond donors (Lipinski definition) is 1. The first-order valence-electron chi connectivity index (χ1n) is 6.72. The van der Waals surface area contributed by atoms with E-state index in [2.05, 4.69) is 41.1 Å². The normalized spacial score (nSPS) is 16.7. The predicted molar refractivity (Wildman–Crippen MR) is 82.4 cm³/mol. The van der Waals surface area contributed by atoms with Crippen LogP contribution in [0.2, 0.25) is 0 Å². The summed E-state index contributed by atoms with van der Waals surface area (Å²) in [6.45, 7) is 0. The van der Waals surface area contributed by atoms with Crippen LogP contribution in [-0.2, 0) is 7.05 Å². The molecule has 1 fully saturated rings. The van der Waals surface area contributed by atoms with E-state index in [1.807, 2.05) is 13.2 Å². The van der Waals surface area contributed by atoms with Crippen molar-refractivity contribution in [2.75, 3.05) is 17.2 Å². The number of rotatable bonds is 2. The largest absolute Gasteiger partial charge is 0.383 e. The van der Waals surface area contributed by atoms with E-state index in [9.17, 15) is 0 Å². The Morgan fingerprint density at radius 3 is 2.63 bits per heavy atom. The van der Waals surface area contributed by atoms with E-state index in [0.717, 1.165) is 11.4 Å². The molecule has 0 bridgehead atoms. The molecule has 0 saturated carbocycles. The van der Waals surface area contributed by atoms with Crippen molar-refractivity contribution in [1.29, 1.82) is 0 Å². The lowest BCUT2D eigenvalue weighted by Gasteiger charge is -2.24. The van der Waals surface area contributed by atoms with Gasteiger partial charge in [-0.05, 0) is 41.4 Å². The first-order chi connectivity index (χ1) is 9.27. The summed E-state index contributed by atoms with van der Waals surface area (Å²) in [6.07, 6.45) is 4.41. The number of benzene rings is 1. The first-order valence-corrected chi connectivity index (χ1v) is 7.87. The lowest BCUT2D eigenvalue weighted by atomic mass is 9.87. The standard InChI is InChI=1S/C15H19N3S/c1-18-15(16)14(10-17-18)13-5-3-2-4-12(13)11-6-8-19-9-7-11/h2-5,10-11H,6-9,16H2,1H3. The highest BCUT2D eigenvalue weighted by atomic mass is 32.2. The van der Waals surface area contributed by atoms with Crippen molar-refractivity contribution in [3.63, 3.8) is 0 Å². The van der Waals surface area contributed by atoms with Crippen molar-refractivity contribution in [1.82, 2.24) is 9.78 Å². The zero-order chi connectivity index (χ0) is 13.2. The lowest BCUT2D eigenvalue weighted by Crippen LogP contribution is -2.09. The maximum absolute atomic E-state index is 6.13. The van der Waals surface area contributed by atoms with E-state index < -0.39 is 0 Å². The van der Waals surface area contributed by atoms with E-state index in [1.165, 1.54) is 35.5 Å². The van der Waals surface area contributed by atoms with Crippen molar-refractivity contribution >= 4 is 17.6 Å². The third-order valence-electron chi connectivity index (χ3n) is 3.90. The Balaban J connectivity index is 2.04. The van der Waals surface area contributed by atoms with E-state index in [1.54, 1.807) is 4.68 Å². The summed E-state index contributed by atoms with van der Waals surface area (Å²) in [7, 11) is 1.89. The van der Waals surface area contributed by atoms with Crippen LogP contribution >= 0.6 is 11.8 Å². The van der Waals surface area contributed by atoms with Gasteiger partial charge in [-0.25, -0.2) is 0 Å². The molecule has 0 atom stereocenters. The van der Waals surface area contributed by atoms with Crippen molar-refractivity contribution in [2.45, 2.75) is 18.8 Å². The van der Waals surface area contributed by atoms with Gasteiger partial charge in [0.1, 0.15) is 5.82 Å². The van der Waals surface area contributed by atoms with Gasteiger partial charge in [0.15, 0.2) is 0 Å². The van der Waals surface area contributed by atoms with Gasteiger partial charge in [0.05, 0.1) is 6.20 Å². The van der Waals surface area contributed by atoms with Crippen LogP contribution in [0.3, 0.4) is 0 Å². The summed E-state index contributed by atoms with van der Waals surface area (Å²) < 4.78 is 1.74. The Morgan fingerprint density at radius 2 is 1.95 bits per heavy atom. The van der Waals surface area contributed by atoms with Gasteiger partial charge in [-0.2, -0.15) is 16.9 Å². The minimum atomic E-state index is 0.664. The maximum atomic E-state index is 6.13. The number of aromatic nitrogens is 2. The molecular weight excluding hydrogens is 254 g/mol. The van der Waals surface area contributed by atoms with Crippen LogP contribution in [0.4, 0.5) is 5.82 Å². The minimum absolute atomic E-state index is 0.664. The minimum Gasteiger partial charge on any atom is -0.383 e. The first kappa shape index (κ1) is 12.6. The maximum Gasteiger partial charge on any atom is 0.129 e. The molecule has 0 radical (unpaired) electrons. The van der Waals surface area contributed by atoms with Gasteiger partial charge in [0.25, 0.3) is 0 Å². The summed E-state index contributed by atoms with van der Waals surface area (Å²) in [5.41, 5.74) is 9.88. The Kier molecular flexibility index (Phi) is 3.51. The molecule has 3 rings (SSSR count). The highest BCUT2D eigenvalue weighted by Gasteiger charge is 2.20. The fourth-order valence-corrected chi connectivity index (χ4v) is 3.87. The molecule has 1 aromatic heterocycles. The summed E-state index contributed by atoms with van der Waals surface area (Å²) in [6, 6.07) is 8.64. The molecule has 0 unspecified atom stereocenters. The van der Waals surface area contributed by atoms with Crippen LogP contribution in [0.1, 0.15) is 24.3 Å². The number of aryl methyl sites for hydroxylation is 1. The van der Waals surface area contributed by atoms with Gasteiger partial charge in [-0.15, -0.1) is 0 Å². The molecule has 2 N–H and O–H groups in total. The molecule has 0 amide bonds. The van der Waals surface area contributed by atoms with E-state index in [0.29, 0.717) is 5.92 Å². The van der Waals surface area contributed by atoms with Gasteiger partial charge in [0, 0.05) is 12.6 Å². The summed E-state index contributed by atoms with van der Waals surface area (Å²) in [4.78, 5) is 0. The van der Waals surface area contributed by atoms with E-state index >= 15 is 0 Å². The Morgan fingerprint density at radius 1 is 1.21 bits per heavy atom. The fraction of sp³-hybridized carbons (Fsp3) is 0.400. The Bertz CT molecular complexity index is 571. The Hall–Kier alpha value is -1.42. The average molecular weight is 273 g/mol. The second-order valence-corrected chi connectivity index (χ2v) is 6.27. The van der Waals surface area contributed by atoms with Crippen molar-refractivity contribution in [3.8, 4) is 11.1 Å². The highest BCUT2D eigenvalue weighted by Crippen LogP contribution is 2.38. The third kappa shape index (κ3) is 2.37. The van der Waals surface area contributed by atoms with Crippen LogP contribution in [0.25, 0.3) is 11.1 Å². The molecule has 19 heavy (non-hydrogen) atoms. The van der Waals surface area contributed by atoms with Crippen LogP contribution in [0.15, 0.2) is 30.5 Å². The topological polar surface area (TPSA) is 43.8 Å². The van der Waals surface area contributed by atoms with Crippen molar-refractivity contribution < 1.29 is 0 Å². The smallest absolute Gasteiger partial charge is 0.129 e. The number of thioether (sulfide) groups is 1. The molecule has 2 aromatic rings.